The van der Waals surface area contributed by atoms with Gasteiger partial charge in [-0.1, -0.05) is 48.5 Å². The van der Waals surface area contributed by atoms with Crippen LogP contribution in [0.1, 0.15) is 5.56 Å². The number of fused-ring (bicyclic) bond motifs is 1. The largest absolute Gasteiger partial charge is 0.421 e. The molecule has 0 amide bonds. The summed E-state index contributed by atoms with van der Waals surface area (Å²) in [7, 11) is 0. The average Bonchev–Trinajstić information content (AvgIpc) is 2.49. The zero-order chi connectivity index (χ0) is 13.8. The molecule has 0 spiro atoms. The molecule has 0 saturated heterocycles. The molecule has 0 aliphatic heterocycles. The van der Waals surface area contributed by atoms with Gasteiger partial charge in [0.2, 0.25) is 0 Å². The van der Waals surface area contributed by atoms with Crippen molar-refractivity contribution in [2.45, 2.75) is 0 Å². The minimum Gasteiger partial charge on any atom is -0.421 e. The van der Waals surface area contributed by atoms with Gasteiger partial charge in [0, 0.05) is 11.6 Å². The highest BCUT2D eigenvalue weighted by Gasteiger charge is 2.02. The summed E-state index contributed by atoms with van der Waals surface area (Å²) in [5, 5.41) is 3.86. The fourth-order valence-corrected chi connectivity index (χ4v) is 1.95. The molecular formula is C17H13NO2. The van der Waals surface area contributed by atoms with Gasteiger partial charge in [-0.25, -0.2) is 4.79 Å². The summed E-state index contributed by atoms with van der Waals surface area (Å²) in [5.41, 5.74) is 1.71. The number of anilines is 1. The van der Waals surface area contributed by atoms with Crippen LogP contribution in [0.4, 0.5) is 5.69 Å². The van der Waals surface area contributed by atoms with E-state index in [9.17, 15) is 4.79 Å². The molecule has 0 fully saturated rings. The van der Waals surface area contributed by atoms with E-state index in [2.05, 4.69) is 5.32 Å². The average molecular weight is 263 g/mol. The highest BCUT2D eigenvalue weighted by atomic mass is 16.4. The molecule has 3 rings (SSSR count). The summed E-state index contributed by atoms with van der Waals surface area (Å²) in [6.45, 7) is 0. The Kier molecular flexibility index (Phi) is 3.33. The summed E-state index contributed by atoms with van der Waals surface area (Å²) in [6, 6.07) is 19.1. The lowest BCUT2D eigenvalue weighted by atomic mass is 10.2. The predicted molar refractivity (Wildman–Crippen MR) is 81.6 cm³/mol. The summed E-state index contributed by atoms with van der Waals surface area (Å²) < 4.78 is 5.24. The van der Waals surface area contributed by atoms with E-state index < -0.39 is 0 Å². The normalized spacial score (nSPS) is 11.0. The van der Waals surface area contributed by atoms with Crippen LogP contribution >= 0.6 is 0 Å². The minimum atomic E-state index is -0.374. The predicted octanol–water partition coefficient (Wildman–Crippen LogP) is 3.88. The SMILES string of the molecule is O=c1oc2ccccc2cc1NC=Cc1ccccc1. The van der Waals surface area contributed by atoms with Crippen molar-refractivity contribution in [1.29, 1.82) is 0 Å². The fraction of sp³-hybridized carbons (Fsp3) is 0. The molecule has 0 radical (unpaired) electrons. The summed E-state index contributed by atoms with van der Waals surface area (Å²) in [4.78, 5) is 11.8. The summed E-state index contributed by atoms with van der Waals surface area (Å²) in [6.07, 6.45) is 3.63. The number of para-hydroxylation sites is 1. The van der Waals surface area contributed by atoms with Crippen LogP contribution < -0.4 is 10.9 Å². The van der Waals surface area contributed by atoms with Crippen molar-refractivity contribution in [3.63, 3.8) is 0 Å². The molecule has 0 unspecified atom stereocenters. The molecule has 20 heavy (non-hydrogen) atoms. The van der Waals surface area contributed by atoms with Gasteiger partial charge in [0.25, 0.3) is 0 Å². The first-order valence-electron chi connectivity index (χ1n) is 6.34. The third kappa shape index (κ3) is 2.62. The van der Waals surface area contributed by atoms with Crippen LogP contribution in [0, 0.1) is 0 Å². The van der Waals surface area contributed by atoms with E-state index in [1.807, 2.05) is 54.6 Å². The Bertz CT molecular complexity index is 804. The molecule has 98 valence electrons. The molecule has 0 aliphatic rings. The zero-order valence-electron chi connectivity index (χ0n) is 10.7. The molecule has 3 nitrogen and oxygen atoms in total. The van der Waals surface area contributed by atoms with E-state index in [-0.39, 0.29) is 5.63 Å². The molecule has 0 saturated carbocycles. The van der Waals surface area contributed by atoms with Gasteiger partial charge in [-0.3, -0.25) is 0 Å². The van der Waals surface area contributed by atoms with Crippen LogP contribution in [0.25, 0.3) is 17.0 Å². The standard InChI is InChI=1S/C17H13NO2/c19-17-15(12-14-8-4-5-9-16(14)20-17)18-11-10-13-6-2-1-3-7-13/h1-12,18H. The Morgan fingerprint density at radius 3 is 2.55 bits per heavy atom. The lowest BCUT2D eigenvalue weighted by Gasteiger charge is -2.01. The molecular weight excluding hydrogens is 250 g/mol. The highest BCUT2D eigenvalue weighted by molar-refractivity contribution is 5.79. The Morgan fingerprint density at radius 1 is 0.950 bits per heavy atom. The Labute approximate surface area is 116 Å². The van der Waals surface area contributed by atoms with Gasteiger partial charge in [-0.15, -0.1) is 0 Å². The minimum absolute atomic E-state index is 0.374. The third-order valence-corrected chi connectivity index (χ3v) is 2.96. The Balaban J connectivity index is 1.86. The van der Waals surface area contributed by atoms with E-state index in [0.29, 0.717) is 11.3 Å². The van der Waals surface area contributed by atoms with Crippen LogP contribution in [-0.4, -0.2) is 0 Å². The van der Waals surface area contributed by atoms with Crippen LogP contribution in [0.15, 0.2) is 76.1 Å². The van der Waals surface area contributed by atoms with Crippen molar-refractivity contribution >= 4 is 22.7 Å². The molecule has 0 atom stereocenters. The fourth-order valence-electron chi connectivity index (χ4n) is 1.95. The van der Waals surface area contributed by atoms with Crippen molar-refractivity contribution in [2.75, 3.05) is 5.32 Å². The maximum Gasteiger partial charge on any atom is 0.360 e. The number of hydrogen-bond donors (Lipinski definition) is 1. The third-order valence-electron chi connectivity index (χ3n) is 2.96. The van der Waals surface area contributed by atoms with Crippen molar-refractivity contribution in [1.82, 2.24) is 0 Å². The lowest BCUT2D eigenvalue weighted by molar-refractivity contribution is 0.564. The van der Waals surface area contributed by atoms with E-state index in [1.54, 1.807) is 18.3 Å². The first-order valence-corrected chi connectivity index (χ1v) is 6.34. The van der Waals surface area contributed by atoms with Crippen LogP contribution in [-0.2, 0) is 0 Å². The summed E-state index contributed by atoms with van der Waals surface area (Å²) >= 11 is 0. The topological polar surface area (TPSA) is 42.2 Å². The van der Waals surface area contributed by atoms with Crippen molar-refractivity contribution in [3.05, 3.63) is 82.8 Å². The molecule has 0 aliphatic carbocycles. The number of nitrogens with one attached hydrogen (secondary N) is 1. The molecule has 3 aromatic rings. The first kappa shape index (κ1) is 12.2. The molecule has 0 bridgehead atoms. The van der Waals surface area contributed by atoms with Crippen molar-refractivity contribution < 1.29 is 4.42 Å². The molecule has 1 aromatic heterocycles. The van der Waals surface area contributed by atoms with E-state index in [0.717, 1.165) is 10.9 Å². The van der Waals surface area contributed by atoms with E-state index in [1.165, 1.54) is 0 Å². The quantitative estimate of drug-likeness (QED) is 0.729. The number of hydrogen-bond acceptors (Lipinski definition) is 3. The monoisotopic (exact) mass is 263 g/mol. The molecule has 1 heterocycles. The maximum atomic E-state index is 11.8. The molecule has 2 aromatic carbocycles. The van der Waals surface area contributed by atoms with Gasteiger partial charge < -0.3 is 9.73 Å². The Hall–Kier alpha value is -2.81. The number of benzene rings is 2. The van der Waals surface area contributed by atoms with Crippen LogP contribution in [0.2, 0.25) is 0 Å². The smallest absolute Gasteiger partial charge is 0.360 e. The first-order chi connectivity index (χ1) is 9.83. The van der Waals surface area contributed by atoms with Crippen LogP contribution in [0.5, 0.6) is 0 Å². The Morgan fingerprint density at radius 2 is 1.70 bits per heavy atom. The van der Waals surface area contributed by atoms with Gasteiger partial charge >= 0.3 is 5.63 Å². The zero-order valence-corrected chi connectivity index (χ0v) is 10.7. The highest BCUT2D eigenvalue weighted by Crippen LogP contribution is 2.15. The lowest BCUT2D eigenvalue weighted by Crippen LogP contribution is -2.05. The van der Waals surface area contributed by atoms with E-state index >= 15 is 0 Å². The van der Waals surface area contributed by atoms with Crippen molar-refractivity contribution in [3.8, 4) is 0 Å². The second-order valence-electron chi connectivity index (χ2n) is 4.37. The van der Waals surface area contributed by atoms with Crippen LogP contribution in [0.3, 0.4) is 0 Å². The van der Waals surface area contributed by atoms with Gasteiger partial charge in [-0.05, 0) is 23.8 Å². The van der Waals surface area contributed by atoms with Gasteiger partial charge in [0.1, 0.15) is 11.3 Å². The molecule has 1 N–H and O–H groups in total. The van der Waals surface area contributed by atoms with Crippen molar-refractivity contribution in [2.24, 2.45) is 0 Å². The second-order valence-corrected chi connectivity index (χ2v) is 4.37. The maximum absolute atomic E-state index is 11.8. The number of rotatable bonds is 3. The van der Waals surface area contributed by atoms with Gasteiger partial charge in [0.15, 0.2) is 0 Å². The van der Waals surface area contributed by atoms with Gasteiger partial charge in [0.05, 0.1) is 0 Å². The second kappa shape index (κ2) is 5.45. The van der Waals surface area contributed by atoms with E-state index in [4.69, 9.17) is 4.42 Å². The molecule has 3 heteroatoms. The summed E-state index contributed by atoms with van der Waals surface area (Å²) in [5.74, 6) is 0. The van der Waals surface area contributed by atoms with Gasteiger partial charge in [-0.2, -0.15) is 0 Å².